The lowest BCUT2D eigenvalue weighted by atomic mass is 10.2. The minimum atomic E-state index is -0.281. The van der Waals surface area contributed by atoms with Crippen LogP contribution in [0, 0.1) is 11.3 Å². The van der Waals surface area contributed by atoms with Crippen molar-refractivity contribution < 1.29 is 9.84 Å². The maximum Gasteiger partial charge on any atom is 0.143 e. The van der Waals surface area contributed by atoms with Gasteiger partial charge in [-0.25, -0.2) is 0 Å². The van der Waals surface area contributed by atoms with E-state index in [1.165, 1.54) is 0 Å². The zero-order valence-electron chi connectivity index (χ0n) is 7.62. The number of unbranched alkanes of at least 4 members (excludes halogenated alkanes) is 1. The summed E-state index contributed by atoms with van der Waals surface area (Å²) in [6.45, 7) is 2.70. The summed E-state index contributed by atoms with van der Waals surface area (Å²) in [6.07, 6.45) is 3.25. The minimum absolute atomic E-state index is 0.131. The van der Waals surface area contributed by atoms with Gasteiger partial charge in [0, 0.05) is 6.61 Å². The number of nitriles is 1. The summed E-state index contributed by atoms with van der Waals surface area (Å²) >= 11 is 0. The Morgan fingerprint density at radius 2 is 2.25 bits per heavy atom. The first-order valence-electron chi connectivity index (χ1n) is 4.47. The van der Waals surface area contributed by atoms with Crippen molar-refractivity contribution in [3.8, 4) is 6.07 Å². The molecule has 0 heterocycles. The van der Waals surface area contributed by atoms with Crippen molar-refractivity contribution in [2.75, 3.05) is 13.2 Å². The molecule has 0 aromatic carbocycles. The van der Waals surface area contributed by atoms with Gasteiger partial charge in [-0.3, -0.25) is 0 Å². The Morgan fingerprint density at radius 3 is 2.75 bits per heavy atom. The quantitative estimate of drug-likeness (QED) is 0.590. The number of aliphatic hydroxyl groups excluding tert-OH is 1. The molecule has 0 fully saturated rings. The van der Waals surface area contributed by atoms with E-state index >= 15 is 0 Å². The van der Waals surface area contributed by atoms with E-state index in [4.69, 9.17) is 15.1 Å². The van der Waals surface area contributed by atoms with Crippen LogP contribution in [0.15, 0.2) is 0 Å². The van der Waals surface area contributed by atoms with Crippen LogP contribution < -0.4 is 0 Å². The van der Waals surface area contributed by atoms with E-state index < -0.39 is 0 Å². The Bertz CT molecular complexity index is 131. The van der Waals surface area contributed by atoms with Crippen molar-refractivity contribution in [3.63, 3.8) is 0 Å². The number of hydrogen-bond donors (Lipinski definition) is 1. The Kier molecular flexibility index (Phi) is 8.09. The van der Waals surface area contributed by atoms with E-state index in [0.29, 0.717) is 13.0 Å². The predicted molar refractivity (Wildman–Crippen MR) is 46.6 cm³/mol. The van der Waals surface area contributed by atoms with E-state index in [1.807, 2.05) is 0 Å². The average Bonchev–Trinajstić information content (AvgIpc) is 2.11. The third kappa shape index (κ3) is 6.14. The standard InChI is InChI=1S/C9H17NO2/c1-2-3-5-9(8-10)12-7-4-6-11/h9,11H,2-7H2,1H3. The normalized spacial score (nSPS) is 12.4. The first-order chi connectivity index (χ1) is 5.85. The molecule has 0 saturated heterocycles. The molecule has 3 heteroatoms. The second kappa shape index (κ2) is 8.51. The fraction of sp³-hybridized carbons (Fsp3) is 0.889. The Morgan fingerprint density at radius 1 is 1.50 bits per heavy atom. The summed E-state index contributed by atoms with van der Waals surface area (Å²) in [4.78, 5) is 0. The highest BCUT2D eigenvalue weighted by atomic mass is 16.5. The highest BCUT2D eigenvalue weighted by molar-refractivity contribution is 4.83. The molecule has 0 aliphatic carbocycles. The van der Waals surface area contributed by atoms with Crippen LogP contribution in [0.3, 0.4) is 0 Å². The summed E-state index contributed by atoms with van der Waals surface area (Å²) in [5.41, 5.74) is 0. The van der Waals surface area contributed by atoms with Gasteiger partial charge in [-0.05, 0) is 12.8 Å². The van der Waals surface area contributed by atoms with E-state index in [2.05, 4.69) is 13.0 Å². The van der Waals surface area contributed by atoms with Crippen LogP contribution in [0.4, 0.5) is 0 Å². The lowest BCUT2D eigenvalue weighted by Crippen LogP contribution is -2.11. The molecule has 0 radical (unpaired) electrons. The van der Waals surface area contributed by atoms with Gasteiger partial charge in [-0.2, -0.15) is 5.26 Å². The maximum atomic E-state index is 8.61. The predicted octanol–water partition coefficient (Wildman–Crippen LogP) is 1.47. The topological polar surface area (TPSA) is 53.2 Å². The SMILES string of the molecule is CCCCC(C#N)OCCCO. The maximum absolute atomic E-state index is 8.61. The monoisotopic (exact) mass is 171 g/mol. The third-order valence-corrected chi connectivity index (χ3v) is 1.59. The Labute approximate surface area is 74.0 Å². The van der Waals surface area contributed by atoms with Gasteiger partial charge in [-0.15, -0.1) is 0 Å². The average molecular weight is 171 g/mol. The second-order valence-electron chi connectivity index (χ2n) is 2.71. The first kappa shape index (κ1) is 11.4. The molecule has 0 bridgehead atoms. The number of rotatable bonds is 7. The smallest absolute Gasteiger partial charge is 0.143 e. The van der Waals surface area contributed by atoms with Gasteiger partial charge in [0.25, 0.3) is 0 Å². The number of aliphatic hydroxyl groups is 1. The molecule has 12 heavy (non-hydrogen) atoms. The number of hydrogen-bond acceptors (Lipinski definition) is 3. The van der Waals surface area contributed by atoms with Crippen molar-refractivity contribution in [1.29, 1.82) is 5.26 Å². The first-order valence-corrected chi connectivity index (χ1v) is 4.47. The second-order valence-corrected chi connectivity index (χ2v) is 2.71. The fourth-order valence-electron chi connectivity index (χ4n) is 0.865. The summed E-state index contributed by atoms with van der Waals surface area (Å²) in [5, 5.41) is 17.1. The van der Waals surface area contributed by atoms with Gasteiger partial charge < -0.3 is 9.84 Å². The highest BCUT2D eigenvalue weighted by Crippen LogP contribution is 2.03. The van der Waals surface area contributed by atoms with Crippen molar-refractivity contribution in [2.45, 2.75) is 38.7 Å². The van der Waals surface area contributed by atoms with Crippen molar-refractivity contribution >= 4 is 0 Å². The van der Waals surface area contributed by atoms with Gasteiger partial charge >= 0.3 is 0 Å². The van der Waals surface area contributed by atoms with Gasteiger partial charge in [0.2, 0.25) is 0 Å². The molecular weight excluding hydrogens is 154 g/mol. The molecule has 0 aromatic heterocycles. The lowest BCUT2D eigenvalue weighted by molar-refractivity contribution is 0.0711. The summed E-state index contributed by atoms with van der Waals surface area (Å²) in [5.74, 6) is 0. The molecule has 0 aliphatic rings. The van der Waals surface area contributed by atoms with Crippen LogP contribution in [-0.4, -0.2) is 24.4 Å². The lowest BCUT2D eigenvalue weighted by Gasteiger charge is -2.08. The van der Waals surface area contributed by atoms with Crippen LogP contribution in [0.25, 0.3) is 0 Å². The number of nitrogens with zero attached hydrogens (tertiary/aromatic N) is 1. The number of ether oxygens (including phenoxy) is 1. The molecule has 0 saturated carbocycles. The van der Waals surface area contributed by atoms with Gasteiger partial charge in [-0.1, -0.05) is 19.8 Å². The zero-order chi connectivity index (χ0) is 9.23. The summed E-state index contributed by atoms with van der Waals surface area (Å²) in [7, 11) is 0. The molecule has 3 nitrogen and oxygen atoms in total. The molecule has 0 spiro atoms. The van der Waals surface area contributed by atoms with Gasteiger partial charge in [0.05, 0.1) is 12.7 Å². The summed E-state index contributed by atoms with van der Waals surface area (Å²) in [6, 6.07) is 2.09. The molecule has 1 unspecified atom stereocenters. The van der Waals surface area contributed by atoms with Crippen molar-refractivity contribution in [3.05, 3.63) is 0 Å². The molecular formula is C9H17NO2. The molecule has 0 amide bonds. The van der Waals surface area contributed by atoms with Crippen LogP contribution in [0.1, 0.15) is 32.6 Å². The molecule has 0 aliphatic heterocycles. The van der Waals surface area contributed by atoms with Gasteiger partial charge in [0.1, 0.15) is 6.10 Å². The van der Waals surface area contributed by atoms with Crippen LogP contribution >= 0.6 is 0 Å². The molecule has 70 valence electrons. The molecule has 0 aromatic rings. The zero-order valence-corrected chi connectivity index (χ0v) is 7.62. The van der Waals surface area contributed by atoms with Crippen molar-refractivity contribution in [2.24, 2.45) is 0 Å². The van der Waals surface area contributed by atoms with E-state index in [-0.39, 0.29) is 12.7 Å². The minimum Gasteiger partial charge on any atom is -0.396 e. The van der Waals surface area contributed by atoms with E-state index in [9.17, 15) is 0 Å². The van der Waals surface area contributed by atoms with Crippen LogP contribution in [0.5, 0.6) is 0 Å². The third-order valence-electron chi connectivity index (χ3n) is 1.59. The summed E-state index contributed by atoms with van der Waals surface area (Å²) < 4.78 is 5.21. The molecule has 1 N–H and O–H groups in total. The van der Waals surface area contributed by atoms with Crippen LogP contribution in [0.2, 0.25) is 0 Å². The fourth-order valence-corrected chi connectivity index (χ4v) is 0.865. The molecule has 1 atom stereocenters. The van der Waals surface area contributed by atoms with Crippen molar-refractivity contribution in [1.82, 2.24) is 0 Å². The van der Waals surface area contributed by atoms with Gasteiger partial charge in [0.15, 0.2) is 0 Å². The van der Waals surface area contributed by atoms with E-state index in [1.54, 1.807) is 0 Å². The van der Waals surface area contributed by atoms with Crippen LogP contribution in [-0.2, 0) is 4.74 Å². The molecule has 0 rings (SSSR count). The Balaban J connectivity index is 3.35. The highest BCUT2D eigenvalue weighted by Gasteiger charge is 2.05. The largest absolute Gasteiger partial charge is 0.396 e. The van der Waals surface area contributed by atoms with E-state index in [0.717, 1.165) is 19.3 Å². The Hall–Kier alpha value is -0.590.